The van der Waals surface area contributed by atoms with E-state index in [1.54, 1.807) is 13.8 Å². The highest BCUT2D eigenvalue weighted by Gasteiger charge is 2.67. The van der Waals surface area contributed by atoms with Crippen molar-refractivity contribution >= 4 is 38.6 Å². The van der Waals surface area contributed by atoms with Crippen molar-refractivity contribution in [2.75, 3.05) is 6.61 Å². The van der Waals surface area contributed by atoms with Gasteiger partial charge in [0.15, 0.2) is 28.5 Å². The molecule has 1 aromatic rings. The van der Waals surface area contributed by atoms with Gasteiger partial charge in [-0.2, -0.15) is 8.42 Å². The summed E-state index contributed by atoms with van der Waals surface area (Å²) in [4.78, 5) is 52.2. The number of aliphatic carboxylic acids is 1. The van der Waals surface area contributed by atoms with Crippen LogP contribution in [0.3, 0.4) is 0 Å². The highest BCUT2D eigenvalue weighted by atomic mass is 32.2. The van der Waals surface area contributed by atoms with Gasteiger partial charge in [0.05, 0.1) is 17.7 Å². The summed E-state index contributed by atoms with van der Waals surface area (Å²) in [6, 6.07) is -1.26. The lowest BCUT2D eigenvalue weighted by molar-refractivity contribution is -0.143. The van der Waals surface area contributed by atoms with Gasteiger partial charge in [-0.15, -0.1) is 0 Å². The van der Waals surface area contributed by atoms with Crippen molar-refractivity contribution < 1.29 is 40.9 Å². The van der Waals surface area contributed by atoms with E-state index in [1.165, 1.54) is 13.1 Å². The molecule has 15 nitrogen and oxygen atoms in total. The van der Waals surface area contributed by atoms with E-state index in [0.717, 1.165) is 9.98 Å². The summed E-state index contributed by atoms with van der Waals surface area (Å²) >= 11 is 0. The lowest BCUT2D eigenvalue weighted by atomic mass is 9.89. The van der Waals surface area contributed by atoms with Crippen LogP contribution >= 0.6 is 0 Å². The standard InChI is InChI=1S/C31H54N4O11SSi2/c1-18(2)23(27(38)39)33-22(36)15-34-25(37)19(3)14-35(28(34)40)26-24(45-49(12,13)30(7,8)9)31(20(32)17-47(41,42)46-31)21(44-26)16-43-48(10,11)29(4,5)6/h14,17-18,21,23-24,26H,15-16,32H2,1-13H3,(H,33,36)(H,38,39)/t21?,23-,24-,26+,31?/m0/s1. The molecule has 1 amide bonds. The number of aromatic nitrogens is 2. The van der Waals surface area contributed by atoms with Crippen molar-refractivity contribution in [3.63, 3.8) is 0 Å². The first-order valence-electron chi connectivity index (χ1n) is 16.2. The van der Waals surface area contributed by atoms with Crippen molar-refractivity contribution in [1.29, 1.82) is 0 Å². The maximum absolute atomic E-state index is 14.2. The second-order valence-corrected chi connectivity index (χ2v) is 27.3. The number of carbonyl (C=O) groups is 2. The Bertz CT molecular complexity index is 1720. The molecule has 278 valence electrons. The van der Waals surface area contributed by atoms with Crippen LogP contribution in [0.1, 0.15) is 67.2 Å². The van der Waals surface area contributed by atoms with Gasteiger partial charge in [0.25, 0.3) is 15.7 Å². The maximum Gasteiger partial charge on any atom is 0.333 e. The molecule has 49 heavy (non-hydrogen) atoms. The van der Waals surface area contributed by atoms with Crippen LogP contribution in [0.25, 0.3) is 0 Å². The third-order valence-corrected chi connectivity index (χ3v) is 20.3. The molecule has 1 spiro atoms. The second kappa shape index (κ2) is 13.5. The highest BCUT2D eigenvalue weighted by molar-refractivity contribution is 7.90. The Morgan fingerprint density at radius 3 is 2.08 bits per heavy atom. The van der Waals surface area contributed by atoms with Crippen molar-refractivity contribution in [3.8, 4) is 0 Å². The Morgan fingerprint density at radius 1 is 1.08 bits per heavy atom. The monoisotopic (exact) mass is 746 g/mol. The van der Waals surface area contributed by atoms with Crippen molar-refractivity contribution in [3.05, 3.63) is 43.7 Å². The molecule has 0 aliphatic carbocycles. The number of nitrogens with zero attached hydrogens (tertiary/aromatic N) is 2. The van der Waals surface area contributed by atoms with Gasteiger partial charge in [0.1, 0.15) is 24.8 Å². The number of carboxylic acids is 1. The van der Waals surface area contributed by atoms with Gasteiger partial charge in [0, 0.05) is 11.8 Å². The lowest BCUT2D eigenvalue weighted by Crippen LogP contribution is -2.59. The number of nitrogens with two attached hydrogens (primary N) is 1. The number of nitrogens with one attached hydrogen (secondary N) is 1. The van der Waals surface area contributed by atoms with Crippen LogP contribution in [0.5, 0.6) is 0 Å². The zero-order valence-electron chi connectivity index (χ0n) is 30.9. The van der Waals surface area contributed by atoms with Crippen LogP contribution in [0.15, 0.2) is 26.9 Å². The Kier molecular flexibility index (Phi) is 11.2. The largest absolute Gasteiger partial charge is 0.480 e. The molecular formula is C31H54N4O11SSi2. The molecule has 0 saturated carbocycles. The third kappa shape index (κ3) is 7.99. The van der Waals surface area contributed by atoms with E-state index in [9.17, 15) is 32.7 Å². The number of aryl methyl sites for hydroxylation is 1. The van der Waals surface area contributed by atoms with Crippen LogP contribution in [-0.4, -0.2) is 81.6 Å². The number of carboxylic acid groups (broad SMARTS) is 1. The molecule has 1 aromatic heterocycles. The molecule has 1 fully saturated rings. The average Bonchev–Trinajstić information content (AvgIpc) is 3.35. The molecule has 2 aliphatic heterocycles. The molecule has 5 atom stereocenters. The van der Waals surface area contributed by atoms with E-state index in [0.29, 0.717) is 4.57 Å². The summed E-state index contributed by atoms with van der Waals surface area (Å²) in [7, 11) is -9.61. The molecule has 3 heterocycles. The fourth-order valence-corrected chi connectivity index (χ4v) is 8.68. The van der Waals surface area contributed by atoms with Gasteiger partial charge >= 0.3 is 11.7 Å². The number of hydrogen-bond acceptors (Lipinski definition) is 11. The number of carbonyl (C=O) groups excluding carboxylic acids is 1. The van der Waals surface area contributed by atoms with E-state index >= 15 is 0 Å². The van der Waals surface area contributed by atoms with E-state index < -0.39 is 97.5 Å². The molecule has 2 unspecified atom stereocenters. The van der Waals surface area contributed by atoms with Crippen molar-refractivity contribution in [2.24, 2.45) is 11.7 Å². The van der Waals surface area contributed by atoms with E-state index in [4.69, 9.17) is 23.5 Å². The van der Waals surface area contributed by atoms with Gasteiger partial charge in [-0.3, -0.25) is 18.7 Å². The third-order valence-electron chi connectivity index (χ3n) is 10.3. The second-order valence-electron chi connectivity index (χ2n) is 16.3. The van der Waals surface area contributed by atoms with Gasteiger partial charge in [-0.1, -0.05) is 55.4 Å². The quantitative estimate of drug-likeness (QED) is 0.221. The SMILES string of the molecule is Cc1cn([C@@H]2OC(CO[Si](C)(C)C(C)(C)C)C3(OS(=O)(=O)C=C3N)[C@H]2O[Si](C)(C)C(C)(C)C)c(=O)n(CC(=O)N[C@H](C(=O)O)C(C)C)c1=O. The van der Waals surface area contributed by atoms with Crippen molar-refractivity contribution in [2.45, 2.75) is 135 Å². The fourth-order valence-electron chi connectivity index (χ4n) is 5.17. The van der Waals surface area contributed by atoms with Crippen LogP contribution in [-0.2, 0) is 44.0 Å². The number of ether oxygens (including phenoxy) is 1. The number of amides is 1. The van der Waals surface area contributed by atoms with Gasteiger partial charge in [-0.25, -0.2) is 13.8 Å². The Labute approximate surface area is 290 Å². The fraction of sp³-hybridized carbons (Fsp3) is 0.742. The van der Waals surface area contributed by atoms with E-state index in [2.05, 4.69) is 5.32 Å². The van der Waals surface area contributed by atoms with E-state index in [1.807, 2.05) is 67.7 Å². The molecule has 0 aromatic carbocycles. The lowest BCUT2D eigenvalue weighted by Gasteiger charge is -2.43. The summed E-state index contributed by atoms with van der Waals surface area (Å²) in [6.45, 7) is 23.7. The molecule has 2 aliphatic rings. The summed E-state index contributed by atoms with van der Waals surface area (Å²) in [6.07, 6.45) is -2.66. The van der Waals surface area contributed by atoms with Crippen LogP contribution in [0, 0.1) is 12.8 Å². The van der Waals surface area contributed by atoms with Crippen LogP contribution < -0.4 is 22.3 Å². The Hall–Kier alpha value is -2.62. The first kappa shape index (κ1) is 40.8. The molecule has 4 N–H and O–H groups in total. The first-order chi connectivity index (χ1) is 22.0. The van der Waals surface area contributed by atoms with E-state index in [-0.39, 0.29) is 22.9 Å². The Balaban J connectivity index is 2.26. The average molecular weight is 747 g/mol. The molecule has 1 saturated heterocycles. The topological polar surface area (TPSA) is 207 Å². The smallest absolute Gasteiger partial charge is 0.333 e. The predicted molar refractivity (Wildman–Crippen MR) is 188 cm³/mol. The summed E-state index contributed by atoms with van der Waals surface area (Å²) in [5.41, 5.74) is 2.71. The molecule has 18 heteroatoms. The summed E-state index contributed by atoms with van der Waals surface area (Å²) < 4.78 is 53.7. The van der Waals surface area contributed by atoms with Crippen LogP contribution in [0.2, 0.25) is 36.3 Å². The van der Waals surface area contributed by atoms with Gasteiger partial charge < -0.3 is 29.7 Å². The molecule has 0 bridgehead atoms. The molecule has 0 radical (unpaired) electrons. The zero-order valence-corrected chi connectivity index (χ0v) is 33.7. The first-order valence-corrected chi connectivity index (χ1v) is 23.5. The minimum absolute atomic E-state index is 0.0548. The maximum atomic E-state index is 14.2. The molecular weight excluding hydrogens is 693 g/mol. The minimum atomic E-state index is -4.33. The molecule has 3 rings (SSSR count). The Morgan fingerprint density at radius 2 is 1.63 bits per heavy atom. The normalized spacial score (nSPS) is 25.1. The van der Waals surface area contributed by atoms with Gasteiger partial charge in [-0.05, 0) is 49.1 Å². The minimum Gasteiger partial charge on any atom is -0.480 e. The predicted octanol–water partition coefficient (Wildman–Crippen LogP) is 2.75. The van der Waals surface area contributed by atoms with Crippen LogP contribution in [0.4, 0.5) is 0 Å². The number of hydrogen-bond donors (Lipinski definition) is 3. The van der Waals surface area contributed by atoms with Crippen molar-refractivity contribution in [1.82, 2.24) is 14.5 Å². The summed E-state index contributed by atoms with van der Waals surface area (Å²) in [5.74, 6) is -2.61. The number of rotatable bonds is 11. The zero-order chi connectivity index (χ0) is 37.9. The highest BCUT2D eigenvalue weighted by Crippen LogP contribution is 2.52. The summed E-state index contributed by atoms with van der Waals surface area (Å²) in [5, 5.41) is 12.1. The van der Waals surface area contributed by atoms with Gasteiger partial charge in [0.2, 0.25) is 5.91 Å².